The Morgan fingerprint density at radius 1 is 1.24 bits per heavy atom. The van der Waals surface area contributed by atoms with Gasteiger partial charge < -0.3 is 0 Å². The molecule has 3 rings (SSSR count). The van der Waals surface area contributed by atoms with Crippen LogP contribution < -0.4 is 0 Å². The summed E-state index contributed by atoms with van der Waals surface area (Å²) in [6.45, 7) is 1.91. The third-order valence-electron chi connectivity index (χ3n) is 3.15. The topological polar surface area (TPSA) is 54.5 Å². The summed E-state index contributed by atoms with van der Waals surface area (Å²) in [6.07, 6.45) is 0. The lowest BCUT2D eigenvalue weighted by atomic mass is 10.2. The lowest BCUT2D eigenvalue weighted by molar-refractivity contribution is 0.966. The van der Waals surface area contributed by atoms with E-state index in [-0.39, 0.29) is 5.88 Å². The Kier molecular flexibility index (Phi) is 3.54. The van der Waals surface area contributed by atoms with E-state index in [1.54, 1.807) is 18.2 Å². The number of benzene rings is 1. The number of hydrogen-bond acceptors (Lipinski definition) is 3. The SMILES string of the molecule is Cc1ccc2nc(CCl)n(-c3ccc(C#N)cc3Cl)c2n1. The molecule has 4 nitrogen and oxygen atoms in total. The zero-order valence-corrected chi connectivity index (χ0v) is 12.7. The number of halogens is 2. The van der Waals surface area contributed by atoms with Crippen LogP contribution >= 0.6 is 23.2 Å². The van der Waals surface area contributed by atoms with Gasteiger partial charge in [0.2, 0.25) is 0 Å². The molecular formula is C15H10Cl2N4. The van der Waals surface area contributed by atoms with E-state index >= 15 is 0 Å². The highest BCUT2D eigenvalue weighted by atomic mass is 35.5. The molecule has 0 saturated carbocycles. The lowest BCUT2D eigenvalue weighted by Gasteiger charge is -2.09. The van der Waals surface area contributed by atoms with Gasteiger partial charge in [0.1, 0.15) is 11.3 Å². The first-order valence-electron chi connectivity index (χ1n) is 6.25. The Morgan fingerprint density at radius 3 is 2.71 bits per heavy atom. The quantitative estimate of drug-likeness (QED) is 0.672. The van der Waals surface area contributed by atoms with E-state index in [9.17, 15) is 0 Å². The van der Waals surface area contributed by atoms with Gasteiger partial charge in [-0.1, -0.05) is 11.6 Å². The van der Waals surface area contributed by atoms with E-state index in [1.807, 2.05) is 23.6 Å². The first kappa shape index (κ1) is 13.9. The van der Waals surface area contributed by atoms with E-state index in [1.165, 1.54) is 0 Å². The van der Waals surface area contributed by atoms with Gasteiger partial charge in [0.25, 0.3) is 0 Å². The van der Waals surface area contributed by atoms with Crippen LogP contribution in [0.15, 0.2) is 30.3 Å². The van der Waals surface area contributed by atoms with Crippen LogP contribution in [-0.4, -0.2) is 14.5 Å². The summed E-state index contributed by atoms with van der Waals surface area (Å²) in [6, 6.07) is 11.0. The number of pyridine rings is 1. The van der Waals surface area contributed by atoms with Crippen molar-refractivity contribution in [2.75, 3.05) is 0 Å². The summed E-state index contributed by atoms with van der Waals surface area (Å²) >= 11 is 12.3. The van der Waals surface area contributed by atoms with Gasteiger partial charge >= 0.3 is 0 Å². The van der Waals surface area contributed by atoms with Crippen molar-refractivity contribution >= 4 is 34.4 Å². The number of nitriles is 1. The summed E-state index contributed by atoms with van der Waals surface area (Å²) in [5.74, 6) is 0.905. The smallest absolute Gasteiger partial charge is 0.165 e. The predicted octanol–water partition coefficient (Wildman–Crippen LogP) is 3.99. The number of fused-ring (bicyclic) bond motifs is 1. The zero-order valence-electron chi connectivity index (χ0n) is 11.1. The first-order valence-corrected chi connectivity index (χ1v) is 7.16. The molecule has 0 bridgehead atoms. The van der Waals surface area contributed by atoms with Crippen molar-refractivity contribution in [1.29, 1.82) is 5.26 Å². The minimum Gasteiger partial charge on any atom is -0.278 e. The van der Waals surface area contributed by atoms with Gasteiger partial charge in [0, 0.05) is 5.69 Å². The molecule has 0 aliphatic carbocycles. The van der Waals surface area contributed by atoms with Gasteiger partial charge in [-0.25, -0.2) is 9.97 Å². The molecule has 104 valence electrons. The summed E-state index contributed by atoms with van der Waals surface area (Å²) in [5, 5.41) is 9.39. The van der Waals surface area contributed by atoms with E-state index in [0.29, 0.717) is 27.7 Å². The van der Waals surface area contributed by atoms with Gasteiger partial charge in [-0.05, 0) is 37.3 Å². The lowest BCUT2D eigenvalue weighted by Crippen LogP contribution is -2.02. The number of alkyl halides is 1. The number of aryl methyl sites for hydroxylation is 1. The second kappa shape index (κ2) is 5.36. The number of imidazole rings is 1. The van der Waals surface area contributed by atoms with E-state index < -0.39 is 0 Å². The molecule has 2 aromatic heterocycles. The molecule has 0 N–H and O–H groups in total. The molecule has 3 aromatic rings. The Hall–Kier alpha value is -2.09. The van der Waals surface area contributed by atoms with Gasteiger partial charge in [-0.3, -0.25) is 4.57 Å². The fraction of sp³-hybridized carbons (Fsp3) is 0.133. The maximum absolute atomic E-state index is 8.93. The van der Waals surface area contributed by atoms with Crippen LogP contribution in [0.2, 0.25) is 5.02 Å². The van der Waals surface area contributed by atoms with E-state index in [0.717, 1.165) is 11.2 Å². The summed E-state index contributed by atoms with van der Waals surface area (Å²) < 4.78 is 1.83. The number of rotatable bonds is 2. The Labute approximate surface area is 131 Å². The van der Waals surface area contributed by atoms with E-state index in [4.69, 9.17) is 28.5 Å². The second-order valence-corrected chi connectivity index (χ2v) is 5.24. The van der Waals surface area contributed by atoms with Gasteiger partial charge in [0.05, 0.1) is 28.2 Å². The van der Waals surface area contributed by atoms with Crippen LogP contribution in [-0.2, 0) is 5.88 Å². The molecule has 2 heterocycles. The molecule has 1 aromatic carbocycles. The fourth-order valence-corrected chi connectivity index (χ4v) is 2.64. The van der Waals surface area contributed by atoms with Crippen LogP contribution in [0.3, 0.4) is 0 Å². The normalized spacial score (nSPS) is 10.8. The van der Waals surface area contributed by atoms with Gasteiger partial charge in [-0.15, -0.1) is 11.6 Å². The Morgan fingerprint density at radius 2 is 2.05 bits per heavy atom. The largest absolute Gasteiger partial charge is 0.278 e. The highest BCUT2D eigenvalue weighted by Crippen LogP contribution is 2.27. The molecule has 0 saturated heterocycles. The Bertz CT molecular complexity index is 877. The third kappa shape index (κ3) is 2.35. The van der Waals surface area contributed by atoms with Crippen LogP contribution in [0, 0.1) is 18.3 Å². The minimum absolute atomic E-state index is 0.242. The van der Waals surface area contributed by atoms with Gasteiger partial charge in [0.15, 0.2) is 5.65 Å². The van der Waals surface area contributed by atoms with Crippen molar-refractivity contribution in [1.82, 2.24) is 14.5 Å². The van der Waals surface area contributed by atoms with Gasteiger partial charge in [-0.2, -0.15) is 5.26 Å². The summed E-state index contributed by atoms with van der Waals surface area (Å²) in [4.78, 5) is 9.00. The number of nitrogens with zero attached hydrogens (tertiary/aromatic N) is 4. The summed E-state index contributed by atoms with van der Waals surface area (Å²) in [7, 11) is 0. The van der Waals surface area contributed by atoms with E-state index in [2.05, 4.69) is 16.0 Å². The van der Waals surface area contributed by atoms with Crippen LogP contribution in [0.4, 0.5) is 0 Å². The highest BCUT2D eigenvalue weighted by Gasteiger charge is 2.15. The molecule has 0 atom stereocenters. The molecule has 0 spiro atoms. The van der Waals surface area contributed by atoms with Crippen molar-refractivity contribution in [2.45, 2.75) is 12.8 Å². The molecule has 0 amide bonds. The average Bonchev–Trinajstić information content (AvgIpc) is 2.84. The maximum Gasteiger partial charge on any atom is 0.165 e. The third-order valence-corrected chi connectivity index (χ3v) is 3.69. The fourth-order valence-electron chi connectivity index (χ4n) is 2.20. The molecule has 0 fully saturated rings. The zero-order chi connectivity index (χ0) is 15.0. The first-order chi connectivity index (χ1) is 10.1. The van der Waals surface area contributed by atoms with Crippen LogP contribution in [0.1, 0.15) is 17.1 Å². The maximum atomic E-state index is 8.93. The van der Waals surface area contributed by atoms with Crippen molar-refractivity contribution in [2.24, 2.45) is 0 Å². The molecule has 0 aliphatic rings. The number of hydrogen-bond donors (Lipinski definition) is 0. The highest BCUT2D eigenvalue weighted by molar-refractivity contribution is 6.32. The van der Waals surface area contributed by atoms with Crippen molar-refractivity contribution in [3.8, 4) is 11.8 Å². The van der Waals surface area contributed by atoms with Crippen molar-refractivity contribution in [3.05, 3.63) is 52.4 Å². The molecular weight excluding hydrogens is 307 g/mol. The average molecular weight is 317 g/mol. The van der Waals surface area contributed by atoms with Crippen molar-refractivity contribution in [3.63, 3.8) is 0 Å². The van der Waals surface area contributed by atoms with Crippen molar-refractivity contribution < 1.29 is 0 Å². The molecule has 0 aliphatic heterocycles. The molecule has 21 heavy (non-hydrogen) atoms. The predicted molar refractivity (Wildman–Crippen MR) is 82.9 cm³/mol. The molecule has 0 radical (unpaired) electrons. The minimum atomic E-state index is 0.242. The molecule has 0 unspecified atom stereocenters. The van der Waals surface area contributed by atoms with Crippen LogP contribution in [0.5, 0.6) is 0 Å². The monoisotopic (exact) mass is 316 g/mol. The standard InChI is InChI=1S/C15H10Cl2N4/c1-9-2-4-12-15(19-9)21(14(7-16)20-12)13-5-3-10(8-18)6-11(13)17/h2-6H,7H2,1H3. The molecule has 6 heteroatoms. The summed E-state index contributed by atoms with van der Waals surface area (Å²) in [5.41, 5.74) is 3.57. The second-order valence-electron chi connectivity index (χ2n) is 4.57. The Balaban J connectivity index is 2.33. The van der Waals surface area contributed by atoms with Crippen LogP contribution in [0.25, 0.3) is 16.9 Å². The number of aromatic nitrogens is 3.